The molecule has 0 heterocycles. The second-order valence-electron chi connectivity index (χ2n) is 5.36. The number of carbonyl (C=O) groups is 3. The van der Waals surface area contributed by atoms with Crippen LogP contribution in [-0.2, 0) is 23.7 Å². The first-order chi connectivity index (χ1) is 13.4. The van der Waals surface area contributed by atoms with Gasteiger partial charge in [0.05, 0.1) is 6.61 Å². The molecule has 0 fully saturated rings. The molecular weight excluding hydrogens is 387 g/mol. The van der Waals surface area contributed by atoms with Gasteiger partial charge in [0, 0.05) is 14.1 Å². The molecule has 11 heteroatoms. The molecule has 0 spiro atoms. The maximum Gasteiger partial charge on any atom is 0.405 e. The van der Waals surface area contributed by atoms with Crippen molar-refractivity contribution in [2.75, 3.05) is 20.7 Å². The van der Waals surface area contributed by atoms with Crippen LogP contribution in [0, 0.1) is 0 Å². The molecule has 0 aliphatic heterocycles. The number of rotatable bonds is 11. The van der Waals surface area contributed by atoms with Gasteiger partial charge < -0.3 is 24.5 Å². The van der Waals surface area contributed by atoms with Crippen LogP contribution in [0.1, 0.15) is 20.3 Å². The number of hydrogen-bond acceptors (Lipinski definition) is 8. The molecule has 0 bridgehead atoms. The van der Waals surface area contributed by atoms with Crippen molar-refractivity contribution < 1.29 is 28.3 Å². The number of nitrogens with zero attached hydrogens (tertiary/aromatic N) is 1. The van der Waals surface area contributed by atoms with Gasteiger partial charge in [0.1, 0.15) is 11.8 Å². The lowest BCUT2D eigenvalue weighted by Gasteiger charge is -2.19. The number of nitrogens with one attached hydrogen (secondary N) is 3. The summed E-state index contributed by atoms with van der Waals surface area (Å²) in [6.45, 7) is 3.75. The molecule has 2 amide bonds. The van der Waals surface area contributed by atoms with E-state index in [0.717, 1.165) is 0 Å². The zero-order chi connectivity index (χ0) is 20.9. The fourth-order valence-corrected chi connectivity index (χ4v) is 2.71. The lowest BCUT2D eigenvalue weighted by atomic mass is 10.3. The van der Waals surface area contributed by atoms with Gasteiger partial charge in [0.2, 0.25) is 5.71 Å². The molecule has 0 aromatic heterocycles. The molecule has 1 rings (SSSR count). The Balaban J connectivity index is 2.95. The molecule has 28 heavy (non-hydrogen) atoms. The van der Waals surface area contributed by atoms with Crippen LogP contribution in [0.3, 0.4) is 0 Å². The van der Waals surface area contributed by atoms with Crippen molar-refractivity contribution in [1.29, 1.82) is 0 Å². The quantitative estimate of drug-likeness (QED) is 0.163. The Kier molecular flexibility index (Phi) is 10.5. The van der Waals surface area contributed by atoms with Gasteiger partial charge in [-0.1, -0.05) is 30.3 Å². The fraction of sp³-hybridized carbons (Fsp3) is 0.412. The van der Waals surface area contributed by atoms with E-state index in [4.69, 9.17) is 13.9 Å². The highest BCUT2D eigenvalue weighted by Crippen LogP contribution is 2.36. The second-order valence-corrected chi connectivity index (χ2v) is 6.48. The highest BCUT2D eigenvalue weighted by atomic mass is 31.2. The minimum atomic E-state index is -2.01. The number of para-hydroxylation sites is 1. The van der Waals surface area contributed by atoms with E-state index in [9.17, 15) is 14.4 Å². The topological polar surface area (TPSA) is 127 Å². The third-order valence-electron chi connectivity index (χ3n) is 3.12. The monoisotopic (exact) mass is 412 g/mol. The number of carbonyl (C=O) groups excluding carboxylic acids is 3. The number of oxime groups is 1. The molecule has 154 valence electrons. The summed E-state index contributed by atoms with van der Waals surface area (Å²) in [5.74, 6) is -1.50. The lowest BCUT2D eigenvalue weighted by molar-refractivity contribution is -0.145. The Labute approximate surface area is 164 Å². The van der Waals surface area contributed by atoms with Crippen molar-refractivity contribution in [3.8, 4) is 5.75 Å². The van der Waals surface area contributed by atoms with E-state index in [1.165, 1.54) is 14.1 Å². The fourth-order valence-electron chi connectivity index (χ4n) is 1.68. The van der Waals surface area contributed by atoms with E-state index in [1.54, 1.807) is 31.2 Å². The summed E-state index contributed by atoms with van der Waals surface area (Å²) in [7, 11) is 0.696. The van der Waals surface area contributed by atoms with Crippen LogP contribution in [0.25, 0.3) is 0 Å². The molecule has 0 aliphatic carbocycles. The molecule has 1 aromatic rings. The van der Waals surface area contributed by atoms with Gasteiger partial charge in [-0.15, -0.1) is 0 Å². The van der Waals surface area contributed by atoms with Gasteiger partial charge in [0.15, 0.2) is 0 Å². The van der Waals surface area contributed by atoms with Crippen LogP contribution in [-0.4, -0.2) is 50.2 Å². The molecule has 3 N–H and O–H groups in total. The van der Waals surface area contributed by atoms with Crippen LogP contribution in [0.4, 0.5) is 0 Å². The molecule has 0 saturated carbocycles. The Bertz CT molecular complexity index is 667. The zero-order valence-corrected chi connectivity index (χ0v) is 17.1. The average molecular weight is 412 g/mol. The largest absolute Gasteiger partial charge is 0.465 e. The van der Waals surface area contributed by atoms with Crippen molar-refractivity contribution in [3.05, 3.63) is 30.3 Å². The third-order valence-corrected chi connectivity index (χ3v) is 4.33. The summed E-state index contributed by atoms with van der Waals surface area (Å²) in [4.78, 5) is 35.6. The number of ether oxygens (including phenoxy) is 1. The van der Waals surface area contributed by atoms with Crippen LogP contribution in [0.15, 0.2) is 35.5 Å². The molecule has 1 aromatic carbocycles. The van der Waals surface area contributed by atoms with Gasteiger partial charge in [-0.2, -0.15) is 0 Å². The SMILES string of the molecule is CCCOC(=O)[C@H](C)NP(ON=C(C(=O)NC)C(=O)NC)Oc1ccccc1. The van der Waals surface area contributed by atoms with E-state index < -0.39 is 38.1 Å². The molecule has 0 radical (unpaired) electrons. The van der Waals surface area contributed by atoms with Gasteiger partial charge >= 0.3 is 14.5 Å². The first-order valence-electron chi connectivity index (χ1n) is 8.58. The summed E-state index contributed by atoms with van der Waals surface area (Å²) < 4.78 is 16.0. The number of amides is 2. The summed E-state index contributed by atoms with van der Waals surface area (Å²) in [5, 5.41) is 11.0. The molecule has 0 saturated heterocycles. The minimum Gasteiger partial charge on any atom is -0.465 e. The standard InChI is InChI=1S/C17H25N4O6P/c1-5-11-25-17(24)12(2)21-28(26-13-9-7-6-8-10-13)27-20-14(15(22)18-3)16(23)19-4/h6-10,12,21H,5,11H2,1-4H3,(H,18,22)(H,19,23)/t12-,28?/m0/s1. The smallest absolute Gasteiger partial charge is 0.405 e. The number of hydrogen-bond donors (Lipinski definition) is 3. The summed E-state index contributed by atoms with van der Waals surface area (Å²) >= 11 is 0. The van der Waals surface area contributed by atoms with Crippen LogP contribution >= 0.6 is 8.53 Å². The zero-order valence-electron chi connectivity index (χ0n) is 16.2. The Hall–Kier alpha value is -2.71. The van der Waals surface area contributed by atoms with Crippen molar-refractivity contribution in [2.24, 2.45) is 5.16 Å². The van der Waals surface area contributed by atoms with E-state index in [0.29, 0.717) is 18.8 Å². The van der Waals surface area contributed by atoms with E-state index in [1.807, 2.05) is 13.0 Å². The van der Waals surface area contributed by atoms with Crippen molar-refractivity contribution in [3.63, 3.8) is 0 Å². The highest BCUT2D eigenvalue weighted by molar-refractivity contribution is 7.45. The maximum atomic E-state index is 12.0. The normalized spacial score (nSPS) is 12.1. The summed E-state index contributed by atoms with van der Waals surface area (Å²) in [5.41, 5.74) is -0.489. The van der Waals surface area contributed by atoms with Crippen molar-refractivity contribution in [2.45, 2.75) is 26.3 Å². The van der Waals surface area contributed by atoms with Crippen LogP contribution < -0.4 is 20.2 Å². The van der Waals surface area contributed by atoms with Gasteiger partial charge in [-0.05, 0) is 25.5 Å². The highest BCUT2D eigenvalue weighted by Gasteiger charge is 2.26. The second kappa shape index (κ2) is 12.6. The molecular formula is C17H25N4O6P. The predicted octanol–water partition coefficient (Wildman–Crippen LogP) is 1.09. The van der Waals surface area contributed by atoms with Crippen LogP contribution in [0.5, 0.6) is 5.75 Å². The van der Waals surface area contributed by atoms with Gasteiger partial charge in [-0.25, -0.2) is 5.09 Å². The van der Waals surface area contributed by atoms with E-state index >= 15 is 0 Å². The number of benzene rings is 1. The first-order valence-corrected chi connectivity index (χ1v) is 9.75. The Morgan fingerprint density at radius 3 is 2.25 bits per heavy atom. The van der Waals surface area contributed by atoms with E-state index in [2.05, 4.69) is 20.9 Å². The molecule has 0 aliphatic rings. The summed E-state index contributed by atoms with van der Waals surface area (Å²) in [6.07, 6.45) is 0.691. The Morgan fingerprint density at radius 2 is 1.71 bits per heavy atom. The third kappa shape index (κ3) is 7.89. The Morgan fingerprint density at radius 1 is 1.11 bits per heavy atom. The number of esters is 1. The molecule has 1 unspecified atom stereocenters. The summed E-state index contributed by atoms with van der Waals surface area (Å²) in [6, 6.07) is 7.92. The predicted molar refractivity (Wildman–Crippen MR) is 104 cm³/mol. The average Bonchev–Trinajstić information content (AvgIpc) is 2.71. The molecule has 10 nitrogen and oxygen atoms in total. The minimum absolute atomic E-state index is 0.290. The van der Waals surface area contributed by atoms with Gasteiger partial charge in [0.25, 0.3) is 11.8 Å². The van der Waals surface area contributed by atoms with Crippen molar-refractivity contribution >= 4 is 32.0 Å². The van der Waals surface area contributed by atoms with E-state index in [-0.39, 0.29) is 0 Å². The maximum absolute atomic E-state index is 12.0. The lowest BCUT2D eigenvalue weighted by Crippen LogP contribution is -2.39. The van der Waals surface area contributed by atoms with Gasteiger partial charge in [-0.3, -0.25) is 14.4 Å². The first kappa shape index (κ1) is 23.3. The molecule has 2 atom stereocenters. The van der Waals surface area contributed by atoms with Crippen LogP contribution in [0.2, 0.25) is 0 Å². The van der Waals surface area contributed by atoms with Crippen molar-refractivity contribution in [1.82, 2.24) is 15.7 Å².